The molecule has 1 heterocycles. The second-order valence-electron chi connectivity index (χ2n) is 5.40. The average Bonchev–Trinajstić information content (AvgIpc) is 2.99. The third-order valence-corrected chi connectivity index (χ3v) is 6.67. The van der Waals surface area contributed by atoms with Crippen molar-refractivity contribution in [2.45, 2.75) is 16.5 Å². The van der Waals surface area contributed by atoms with E-state index in [1.807, 2.05) is 12.1 Å². The molecule has 140 valence electrons. The number of carbonyl (C=O) groups is 1. The zero-order chi connectivity index (χ0) is 19.6. The summed E-state index contributed by atoms with van der Waals surface area (Å²) in [6, 6.07) is 12.1. The summed E-state index contributed by atoms with van der Waals surface area (Å²) in [6.07, 6.45) is 0. The second-order valence-corrected chi connectivity index (χ2v) is 9.89. The number of halogens is 3. The maximum absolute atomic E-state index is 12.5. The molecular formula is C17H12Cl3N3OS3. The zero-order valence-electron chi connectivity index (χ0n) is 13.8. The lowest BCUT2D eigenvalue weighted by atomic mass is 10.3. The van der Waals surface area contributed by atoms with Crippen molar-refractivity contribution in [1.82, 2.24) is 9.78 Å². The summed E-state index contributed by atoms with van der Waals surface area (Å²) in [6.45, 7) is 1.79. The van der Waals surface area contributed by atoms with E-state index in [9.17, 15) is 4.79 Å². The van der Waals surface area contributed by atoms with Gasteiger partial charge >= 0.3 is 0 Å². The van der Waals surface area contributed by atoms with E-state index in [-0.39, 0.29) is 5.91 Å². The fourth-order valence-corrected chi connectivity index (χ4v) is 5.05. The Labute approximate surface area is 184 Å². The van der Waals surface area contributed by atoms with Gasteiger partial charge < -0.3 is 5.32 Å². The fraction of sp³-hybridized carbons (Fsp3) is 0.118. The quantitative estimate of drug-likeness (QED) is 0.327. The van der Waals surface area contributed by atoms with E-state index in [0.29, 0.717) is 29.0 Å². The van der Waals surface area contributed by atoms with Gasteiger partial charge in [-0.25, -0.2) is 4.68 Å². The molecule has 0 bridgehead atoms. The molecule has 1 unspecified atom stereocenters. The molecule has 27 heavy (non-hydrogen) atoms. The molecule has 3 rings (SSSR count). The van der Waals surface area contributed by atoms with Gasteiger partial charge in [0.25, 0.3) is 0 Å². The van der Waals surface area contributed by atoms with Gasteiger partial charge in [-0.1, -0.05) is 57.9 Å². The molecule has 0 aliphatic carbocycles. The highest BCUT2D eigenvalue weighted by atomic mass is 35.5. The van der Waals surface area contributed by atoms with Gasteiger partial charge in [-0.15, -0.1) is 5.10 Å². The number of nitrogens with zero attached hydrogens (tertiary/aromatic N) is 2. The number of anilines is 1. The van der Waals surface area contributed by atoms with E-state index in [1.165, 1.54) is 23.1 Å². The number of nitrogens with one attached hydrogen (secondary N) is 1. The Morgan fingerprint density at radius 2 is 1.85 bits per heavy atom. The first-order valence-corrected chi connectivity index (χ1v) is 10.9. The first-order chi connectivity index (χ1) is 12.8. The Morgan fingerprint density at radius 1 is 1.19 bits per heavy atom. The Kier molecular flexibility index (Phi) is 6.83. The van der Waals surface area contributed by atoms with Gasteiger partial charge in [0.1, 0.15) is 0 Å². The summed E-state index contributed by atoms with van der Waals surface area (Å²) >= 11 is 26.0. The number of thioether (sulfide) groups is 1. The van der Waals surface area contributed by atoms with E-state index in [2.05, 4.69) is 10.4 Å². The van der Waals surface area contributed by atoms with Gasteiger partial charge in [-0.2, -0.15) is 0 Å². The van der Waals surface area contributed by atoms with Crippen LogP contribution >= 0.6 is 70.1 Å². The number of aromatic nitrogens is 2. The highest BCUT2D eigenvalue weighted by Crippen LogP contribution is 2.30. The van der Waals surface area contributed by atoms with Crippen molar-refractivity contribution in [3.63, 3.8) is 0 Å². The van der Waals surface area contributed by atoms with Gasteiger partial charge in [0, 0.05) is 10.0 Å². The van der Waals surface area contributed by atoms with Crippen molar-refractivity contribution < 1.29 is 4.79 Å². The minimum atomic E-state index is -0.403. The van der Waals surface area contributed by atoms with Gasteiger partial charge in [-0.05, 0) is 61.6 Å². The Hall–Kier alpha value is -1.09. The lowest BCUT2D eigenvalue weighted by Crippen LogP contribution is -2.22. The van der Waals surface area contributed by atoms with E-state index in [0.717, 1.165) is 5.69 Å². The molecule has 0 saturated carbocycles. The molecule has 1 aromatic heterocycles. The Bertz CT molecular complexity index is 1030. The molecular weight excluding hydrogens is 465 g/mol. The largest absolute Gasteiger partial charge is 0.324 e. The van der Waals surface area contributed by atoms with Crippen LogP contribution in [0, 0.1) is 3.95 Å². The van der Waals surface area contributed by atoms with Crippen LogP contribution in [0.4, 0.5) is 5.69 Å². The third-order valence-electron chi connectivity index (χ3n) is 3.43. The maximum Gasteiger partial charge on any atom is 0.237 e. The molecule has 3 aromatic rings. The predicted octanol–water partition coefficient (Wildman–Crippen LogP) is 6.74. The topological polar surface area (TPSA) is 46.9 Å². The minimum Gasteiger partial charge on any atom is -0.324 e. The molecule has 0 fully saturated rings. The molecule has 0 radical (unpaired) electrons. The van der Waals surface area contributed by atoms with Crippen molar-refractivity contribution >= 4 is 81.7 Å². The molecule has 0 aliphatic heterocycles. The summed E-state index contributed by atoms with van der Waals surface area (Å²) in [5.41, 5.74) is 1.29. The normalized spacial score (nSPS) is 12.0. The molecule has 2 aromatic carbocycles. The first kappa shape index (κ1) is 20.6. The van der Waals surface area contributed by atoms with Crippen LogP contribution in [0.5, 0.6) is 0 Å². The predicted molar refractivity (Wildman–Crippen MR) is 118 cm³/mol. The maximum atomic E-state index is 12.5. The Balaban J connectivity index is 1.72. The molecule has 10 heteroatoms. The number of amides is 1. The smallest absolute Gasteiger partial charge is 0.237 e. The van der Waals surface area contributed by atoms with Crippen LogP contribution in [0.3, 0.4) is 0 Å². The number of carbonyl (C=O) groups excluding carboxylic acids is 1. The number of hydrogen-bond acceptors (Lipinski definition) is 5. The first-order valence-electron chi connectivity index (χ1n) is 7.62. The van der Waals surface area contributed by atoms with E-state index in [4.69, 9.17) is 47.0 Å². The summed E-state index contributed by atoms with van der Waals surface area (Å²) in [5, 5.41) is 8.43. The molecule has 1 amide bonds. The standard InChI is InChI=1S/C17H12Cl3N3OS3/c1-9(15(24)21-14-8-11(19)4-7-13(14)20)26-16-22-23(17(25)27-16)12-5-2-10(18)3-6-12/h2-9H,1H3,(H,21,24). The van der Waals surface area contributed by atoms with Gasteiger partial charge in [0.05, 0.1) is 21.6 Å². The molecule has 0 aliphatic rings. The Morgan fingerprint density at radius 3 is 2.56 bits per heavy atom. The van der Waals surface area contributed by atoms with E-state index < -0.39 is 5.25 Å². The molecule has 4 nitrogen and oxygen atoms in total. The molecule has 1 N–H and O–H groups in total. The zero-order valence-corrected chi connectivity index (χ0v) is 18.5. The SMILES string of the molecule is CC(Sc1nn(-c2ccc(Cl)cc2)c(=S)s1)C(=O)Nc1cc(Cl)ccc1Cl. The highest BCUT2D eigenvalue weighted by molar-refractivity contribution is 8.02. The summed E-state index contributed by atoms with van der Waals surface area (Å²) in [7, 11) is 0. The number of hydrogen-bond donors (Lipinski definition) is 1. The van der Waals surface area contributed by atoms with Crippen molar-refractivity contribution in [2.24, 2.45) is 0 Å². The molecule has 0 saturated heterocycles. The van der Waals surface area contributed by atoms with Crippen molar-refractivity contribution in [3.8, 4) is 5.69 Å². The van der Waals surface area contributed by atoms with E-state index >= 15 is 0 Å². The fourth-order valence-electron chi connectivity index (χ4n) is 2.09. The van der Waals surface area contributed by atoms with Crippen LogP contribution in [0.2, 0.25) is 15.1 Å². The summed E-state index contributed by atoms with van der Waals surface area (Å²) in [4.78, 5) is 12.5. The van der Waals surface area contributed by atoms with Crippen LogP contribution in [-0.2, 0) is 4.79 Å². The summed E-state index contributed by atoms with van der Waals surface area (Å²) < 4.78 is 2.93. The van der Waals surface area contributed by atoms with Crippen LogP contribution in [0.15, 0.2) is 46.8 Å². The van der Waals surface area contributed by atoms with Crippen LogP contribution in [-0.4, -0.2) is 20.9 Å². The number of benzene rings is 2. The van der Waals surface area contributed by atoms with Crippen molar-refractivity contribution in [1.29, 1.82) is 0 Å². The average molecular weight is 477 g/mol. The lowest BCUT2D eigenvalue weighted by molar-refractivity contribution is -0.115. The second kappa shape index (κ2) is 8.94. The van der Waals surface area contributed by atoms with Crippen molar-refractivity contribution in [3.05, 3.63) is 61.5 Å². The monoisotopic (exact) mass is 475 g/mol. The highest BCUT2D eigenvalue weighted by Gasteiger charge is 2.18. The molecule has 0 spiro atoms. The third kappa shape index (κ3) is 5.25. The van der Waals surface area contributed by atoms with Crippen molar-refractivity contribution in [2.75, 3.05) is 5.32 Å². The van der Waals surface area contributed by atoms with Crippen LogP contribution < -0.4 is 5.32 Å². The van der Waals surface area contributed by atoms with Gasteiger partial charge in [-0.3, -0.25) is 4.79 Å². The minimum absolute atomic E-state index is 0.205. The lowest BCUT2D eigenvalue weighted by Gasteiger charge is -2.11. The summed E-state index contributed by atoms with van der Waals surface area (Å²) in [5.74, 6) is -0.205. The van der Waals surface area contributed by atoms with E-state index in [1.54, 1.807) is 41.9 Å². The van der Waals surface area contributed by atoms with Gasteiger partial charge in [0.15, 0.2) is 8.29 Å². The van der Waals surface area contributed by atoms with Crippen LogP contribution in [0.1, 0.15) is 6.92 Å². The number of rotatable bonds is 5. The van der Waals surface area contributed by atoms with Gasteiger partial charge in [0.2, 0.25) is 5.91 Å². The van der Waals surface area contributed by atoms with Crippen LogP contribution in [0.25, 0.3) is 5.69 Å². The molecule has 1 atom stereocenters.